The molecule has 0 unspecified atom stereocenters. The lowest BCUT2D eigenvalue weighted by molar-refractivity contribution is 1.08. The zero-order valence-electron chi connectivity index (χ0n) is 41.0. The summed E-state index contributed by atoms with van der Waals surface area (Å²) in [6.07, 6.45) is 5.74. The van der Waals surface area contributed by atoms with Crippen LogP contribution >= 0.6 is 0 Å². The zero-order chi connectivity index (χ0) is 50.2. The van der Waals surface area contributed by atoms with Crippen molar-refractivity contribution < 1.29 is 0 Å². The Balaban J connectivity index is 1.17. The van der Waals surface area contributed by atoms with Crippen molar-refractivity contribution in [3.63, 3.8) is 0 Å². The van der Waals surface area contributed by atoms with Crippen LogP contribution in [0.1, 0.15) is 5.56 Å². The number of benzene rings is 12. The van der Waals surface area contributed by atoms with E-state index in [4.69, 9.17) is 15.0 Å². The molecular formula is C70H37N7. The Morgan fingerprint density at radius 3 is 1.17 bits per heavy atom. The van der Waals surface area contributed by atoms with Crippen molar-refractivity contribution in [3.05, 3.63) is 230 Å². The van der Waals surface area contributed by atoms with Crippen LogP contribution in [0.4, 0.5) is 0 Å². The summed E-state index contributed by atoms with van der Waals surface area (Å²) in [5, 5.41) is 30.8. The summed E-state index contributed by atoms with van der Waals surface area (Å²) >= 11 is 0. The highest BCUT2D eigenvalue weighted by atomic mass is 15.1. The molecule has 0 radical (unpaired) electrons. The molecule has 352 valence electrons. The van der Waals surface area contributed by atoms with Gasteiger partial charge in [0.2, 0.25) is 0 Å². The maximum absolute atomic E-state index is 12.8. The molecule has 0 aliphatic rings. The molecule has 0 aliphatic heterocycles. The molecule has 18 rings (SSSR count). The number of fused-ring (bicyclic) bond motifs is 9. The Kier molecular flexibility index (Phi) is 7.81. The first-order valence-corrected chi connectivity index (χ1v) is 26.1. The first kappa shape index (κ1) is 40.8. The third-order valence-corrected chi connectivity index (χ3v) is 16.9. The third kappa shape index (κ3) is 5.02. The van der Waals surface area contributed by atoms with Gasteiger partial charge in [-0.15, -0.1) is 0 Å². The topological polar surface area (TPSA) is 77.2 Å². The maximum Gasteiger partial charge on any atom is 0.146 e. The molecule has 0 amide bonds. The molecule has 7 heteroatoms. The summed E-state index contributed by atoms with van der Waals surface area (Å²) < 4.78 is 7.25. The Labute approximate surface area is 438 Å². The van der Waals surface area contributed by atoms with E-state index in [2.05, 4.69) is 214 Å². The molecular weight excluding hydrogens is 939 g/mol. The fourth-order valence-corrected chi connectivity index (χ4v) is 14.1. The predicted octanol–water partition coefficient (Wildman–Crippen LogP) is 17.6. The van der Waals surface area contributed by atoms with Gasteiger partial charge >= 0.3 is 0 Å². The Hall–Kier alpha value is -10.7. The van der Waals surface area contributed by atoms with E-state index in [1.165, 1.54) is 10.8 Å². The van der Waals surface area contributed by atoms with Crippen LogP contribution in [0.5, 0.6) is 0 Å². The lowest BCUT2D eigenvalue weighted by atomic mass is 9.88. The number of pyridine rings is 3. The summed E-state index contributed by atoms with van der Waals surface area (Å²) in [6, 6.07) is 77.0. The molecule has 18 aromatic rings. The minimum Gasteiger partial charge on any atom is -0.308 e. The normalized spacial score (nSPS) is 12.4. The highest BCUT2D eigenvalue weighted by Crippen LogP contribution is 2.55. The van der Waals surface area contributed by atoms with Crippen molar-refractivity contribution in [2.75, 3.05) is 0 Å². The number of hydrogen-bond donors (Lipinski definition) is 0. The molecule has 0 aliphatic carbocycles. The number of nitriles is 1. The molecule has 0 atom stereocenters. The van der Waals surface area contributed by atoms with Gasteiger partial charge in [-0.25, -0.2) is 4.98 Å². The number of hydrogen-bond acceptors (Lipinski definition) is 4. The van der Waals surface area contributed by atoms with E-state index in [0.717, 1.165) is 159 Å². The fraction of sp³-hybridized carbons (Fsp3) is 0. The van der Waals surface area contributed by atoms with Gasteiger partial charge in [0.1, 0.15) is 17.3 Å². The van der Waals surface area contributed by atoms with E-state index in [1.54, 1.807) is 0 Å². The van der Waals surface area contributed by atoms with E-state index in [0.29, 0.717) is 5.56 Å². The monoisotopic (exact) mass is 975 g/mol. The van der Waals surface area contributed by atoms with Crippen molar-refractivity contribution in [1.82, 2.24) is 28.7 Å². The highest BCUT2D eigenvalue weighted by molar-refractivity contribution is 6.37. The summed E-state index contributed by atoms with van der Waals surface area (Å²) in [4.78, 5) is 15.6. The van der Waals surface area contributed by atoms with E-state index >= 15 is 0 Å². The Bertz CT molecular complexity index is 5070. The summed E-state index contributed by atoms with van der Waals surface area (Å²) in [5.74, 6) is 0. The van der Waals surface area contributed by atoms with E-state index in [1.807, 2.05) is 30.7 Å². The van der Waals surface area contributed by atoms with E-state index in [-0.39, 0.29) is 0 Å². The standard InChI is InChI=1S/C70H37N7/c71-38-51-67(75-52-29-10-23-44-47-27-14-35-72-65(47)49-25-12-31-54(75)62(49)59(44)52)57(39-16-3-1-4-17-39)69(76-53-30-11-24-45-48-28-15-36-73-66(48)50-26-13-32-55(76)63(50)60(45)53)58(40-18-5-2-6-19-40)68(51)77-56-33-9-22-43-41-20-7-8-21-42(41)46-34-37-74-70(77)64(46)61(43)56/h1-37H. The van der Waals surface area contributed by atoms with Gasteiger partial charge in [-0.3, -0.25) is 14.5 Å². The first-order chi connectivity index (χ1) is 38.3. The summed E-state index contributed by atoms with van der Waals surface area (Å²) in [6.45, 7) is 0. The van der Waals surface area contributed by atoms with Gasteiger partial charge < -0.3 is 9.13 Å². The van der Waals surface area contributed by atoms with Crippen molar-refractivity contribution in [2.24, 2.45) is 0 Å². The van der Waals surface area contributed by atoms with Gasteiger partial charge in [0.15, 0.2) is 0 Å². The van der Waals surface area contributed by atoms with Crippen LogP contribution in [0, 0.1) is 11.3 Å². The molecule has 0 fully saturated rings. The molecule has 0 saturated carbocycles. The molecule has 0 bridgehead atoms. The first-order valence-electron chi connectivity index (χ1n) is 26.1. The second kappa shape index (κ2) is 14.8. The molecule has 12 aromatic carbocycles. The number of nitrogens with zero attached hydrogens (tertiary/aromatic N) is 7. The van der Waals surface area contributed by atoms with Crippen LogP contribution in [-0.2, 0) is 0 Å². The quantitative estimate of drug-likeness (QED) is 0.161. The number of aromatic nitrogens is 6. The van der Waals surface area contributed by atoms with Crippen LogP contribution in [0.3, 0.4) is 0 Å². The minimum absolute atomic E-state index is 0.521. The van der Waals surface area contributed by atoms with Gasteiger partial charge in [0, 0.05) is 83.6 Å². The van der Waals surface area contributed by atoms with E-state index in [9.17, 15) is 5.26 Å². The second-order valence-electron chi connectivity index (χ2n) is 20.4. The van der Waals surface area contributed by atoms with Gasteiger partial charge in [0.05, 0.1) is 55.7 Å². The molecule has 6 aromatic heterocycles. The minimum atomic E-state index is 0.521. The van der Waals surface area contributed by atoms with Crippen LogP contribution in [0.15, 0.2) is 225 Å². The fourth-order valence-electron chi connectivity index (χ4n) is 14.1. The van der Waals surface area contributed by atoms with Crippen LogP contribution in [0.25, 0.3) is 170 Å². The molecule has 77 heavy (non-hydrogen) atoms. The maximum atomic E-state index is 12.8. The smallest absolute Gasteiger partial charge is 0.146 e. The second-order valence-corrected chi connectivity index (χ2v) is 20.4. The van der Waals surface area contributed by atoms with Crippen LogP contribution in [0.2, 0.25) is 0 Å². The Morgan fingerprint density at radius 2 is 0.662 bits per heavy atom. The van der Waals surface area contributed by atoms with Crippen molar-refractivity contribution >= 4 is 130 Å². The van der Waals surface area contributed by atoms with Gasteiger partial charge in [-0.05, 0) is 92.0 Å². The Morgan fingerprint density at radius 1 is 0.286 bits per heavy atom. The lowest BCUT2D eigenvalue weighted by Gasteiger charge is -2.28. The number of rotatable bonds is 5. The molecule has 0 N–H and O–H groups in total. The highest BCUT2D eigenvalue weighted by Gasteiger charge is 2.35. The van der Waals surface area contributed by atoms with Gasteiger partial charge in [-0.1, -0.05) is 158 Å². The lowest BCUT2D eigenvalue weighted by Crippen LogP contribution is -2.13. The zero-order valence-corrected chi connectivity index (χ0v) is 41.0. The third-order valence-electron chi connectivity index (χ3n) is 16.9. The van der Waals surface area contributed by atoms with Crippen molar-refractivity contribution in [1.29, 1.82) is 5.26 Å². The molecule has 0 spiro atoms. The average Bonchev–Trinajstić information content (AvgIpc) is 4.32. The van der Waals surface area contributed by atoms with Crippen LogP contribution < -0.4 is 0 Å². The van der Waals surface area contributed by atoms with Crippen LogP contribution in [-0.4, -0.2) is 28.7 Å². The molecule has 6 heterocycles. The molecule has 7 nitrogen and oxygen atoms in total. The van der Waals surface area contributed by atoms with Gasteiger partial charge in [0.25, 0.3) is 0 Å². The van der Waals surface area contributed by atoms with Crippen molar-refractivity contribution in [3.8, 4) is 45.4 Å². The van der Waals surface area contributed by atoms with E-state index < -0.39 is 0 Å². The van der Waals surface area contributed by atoms with Crippen molar-refractivity contribution in [2.45, 2.75) is 0 Å². The average molecular weight is 976 g/mol. The SMILES string of the molecule is N#Cc1c(-n2c3cccc4c5cccnc5c5cccc2c5c43)c(-c2ccccc2)c(-n2c3cccc4c5cccnc5c5cccc2c5c43)c(-c2ccccc2)c1-n1c2cccc3c4ccccc4c4ccnc1c4c32. The largest absolute Gasteiger partial charge is 0.308 e. The summed E-state index contributed by atoms with van der Waals surface area (Å²) in [5.41, 5.74) is 14.5. The summed E-state index contributed by atoms with van der Waals surface area (Å²) in [7, 11) is 0. The predicted molar refractivity (Wildman–Crippen MR) is 317 cm³/mol. The van der Waals surface area contributed by atoms with Gasteiger partial charge in [-0.2, -0.15) is 5.26 Å². The molecule has 0 saturated heterocycles.